The summed E-state index contributed by atoms with van der Waals surface area (Å²) in [5, 5.41) is 3.01. The van der Waals surface area contributed by atoms with Crippen molar-refractivity contribution >= 4 is 29.3 Å². The number of thiocarbonyl (C=S) groups is 1. The van der Waals surface area contributed by atoms with Crippen molar-refractivity contribution in [2.24, 2.45) is 0 Å². The van der Waals surface area contributed by atoms with Crippen LogP contribution in [0.1, 0.15) is 18.4 Å². The van der Waals surface area contributed by atoms with Gasteiger partial charge in [0.05, 0.1) is 0 Å². The Morgan fingerprint density at radius 2 is 1.89 bits per heavy atom. The molecule has 0 saturated carbocycles. The molecule has 0 aliphatic carbocycles. The number of nitrogens with one attached hydrogen (secondary N) is 1. The van der Waals surface area contributed by atoms with Gasteiger partial charge in [0.15, 0.2) is 22.5 Å². The topological polar surface area (TPSA) is 54.7 Å². The monoisotopic (exact) mass is 400 g/mol. The van der Waals surface area contributed by atoms with E-state index in [2.05, 4.69) is 5.32 Å². The van der Waals surface area contributed by atoms with Crippen LogP contribution in [0.4, 0.5) is 17.6 Å². The summed E-state index contributed by atoms with van der Waals surface area (Å²) >= 11 is 5.03. The van der Waals surface area contributed by atoms with E-state index in [0.717, 1.165) is 0 Å². The summed E-state index contributed by atoms with van der Waals surface area (Å²) in [7, 11) is 0. The first-order chi connectivity index (χ1) is 12.8. The summed E-state index contributed by atoms with van der Waals surface area (Å²) < 4.78 is 63.6. The summed E-state index contributed by atoms with van der Waals surface area (Å²) in [5.41, 5.74) is 0.202. The predicted octanol–water partition coefficient (Wildman–Crippen LogP) is 3.49. The lowest BCUT2D eigenvalue weighted by Crippen LogP contribution is -2.30. The van der Waals surface area contributed by atoms with E-state index in [1.54, 1.807) is 6.92 Å². The molecule has 2 heterocycles. The molecule has 10 heteroatoms. The number of hydrogen-bond donors (Lipinski definition) is 1. The molecule has 1 aliphatic rings. The van der Waals surface area contributed by atoms with E-state index in [9.17, 15) is 22.4 Å². The smallest absolute Gasteiger partial charge is 0.276 e. The highest BCUT2D eigenvalue weighted by molar-refractivity contribution is 7.80. The quantitative estimate of drug-likeness (QED) is 0.360. The standard InChI is InChI=1S/C17H12F4N2O3S/c1-2-23-16(24)12(22-17(23)27)5-8-3-4-9(26-8)7-25-15-13(20)10(18)6-11(19)14(15)21/h3-6H,2,7H2,1H3,(H,22,27)/b12-5+. The van der Waals surface area contributed by atoms with Crippen molar-refractivity contribution in [3.8, 4) is 5.75 Å². The molecule has 0 unspecified atom stereocenters. The third-order valence-electron chi connectivity index (χ3n) is 3.68. The number of ether oxygens (including phenoxy) is 1. The maximum Gasteiger partial charge on any atom is 0.276 e. The van der Waals surface area contributed by atoms with Crippen molar-refractivity contribution in [1.29, 1.82) is 0 Å². The van der Waals surface area contributed by atoms with Crippen LogP contribution in [0.25, 0.3) is 6.08 Å². The highest BCUT2D eigenvalue weighted by atomic mass is 32.1. The number of amides is 1. The van der Waals surface area contributed by atoms with Crippen molar-refractivity contribution in [2.75, 3.05) is 6.54 Å². The van der Waals surface area contributed by atoms with Gasteiger partial charge in [-0.3, -0.25) is 9.69 Å². The number of likely N-dealkylation sites (N-methyl/N-ethyl adjacent to an activating group) is 1. The van der Waals surface area contributed by atoms with Gasteiger partial charge in [-0.1, -0.05) is 0 Å². The Morgan fingerprint density at radius 3 is 2.48 bits per heavy atom. The molecule has 1 N–H and O–H groups in total. The van der Waals surface area contributed by atoms with Crippen LogP contribution in [-0.2, 0) is 11.4 Å². The van der Waals surface area contributed by atoms with Crippen molar-refractivity contribution in [2.45, 2.75) is 13.5 Å². The first-order valence-electron chi connectivity index (χ1n) is 7.70. The van der Waals surface area contributed by atoms with Crippen molar-refractivity contribution in [3.63, 3.8) is 0 Å². The Kier molecular flexibility index (Phi) is 5.17. The maximum atomic E-state index is 13.6. The van der Waals surface area contributed by atoms with Crippen LogP contribution in [0.3, 0.4) is 0 Å². The van der Waals surface area contributed by atoms with Crippen LogP contribution in [0.2, 0.25) is 0 Å². The molecule has 5 nitrogen and oxygen atoms in total. The maximum absolute atomic E-state index is 13.6. The minimum absolute atomic E-state index is 0.0876. The third kappa shape index (κ3) is 3.65. The Labute approximate surface area is 156 Å². The van der Waals surface area contributed by atoms with E-state index in [4.69, 9.17) is 21.4 Å². The lowest BCUT2D eigenvalue weighted by atomic mass is 10.3. The van der Waals surface area contributed by atoms with Gasteiger partial charge in [0.25, 0.3) is 5.91 Å². The van der Waals surface area contributed by atoms with Crippen molar-refractivity contribution < 1.29 is 31.5 Å². The first-order valence-corrected chi connectivity index (χ1v) is 8.11. The van der Waals surface area contributed by atoms with Crippen LogP contribution in [-0.4, -0.2) is 22.5 Å². The molecule has 0 atom stereocenters. The normalized spacial score (nSPS) is 15.6. The minimum Gasteiger partial charge on any atom is -0.479 e. The molecule has 1 aliphatic heterocycles. The van der Waals surface area contributed by atoms with Gasteiger partial charge in [0.1, 0.15) is 23.8 Å². The zero-order chi connectivity index (χ0) is 19.7. The first kappa shape index (κ1) is 18.9. The number of rotatable bonds is 5. The molecule has 0 radical (unpaired) electrons. The van der Waals surface area contributed by atoms with Crippen LogP contribution >= 0.6 is 12.2 Å². The number of carbonyl (C=O) groups excluding carboxylic acids is 1. The van der Waals surface area contributed by atoms with E-state index in [0.29, 0.717) is 6.54 Å². The molecule has 1 aromatic heterocycles. The van der Waals surface area contributed by atoms with Crippen LogP contribution in [0, 0.1) is 23.3 Å². The van der Waals surface area contributed by atoms with Gasteiger partial charge in [0, 0.05) is 18.7 Å². The number of nitrogens with zero attached hydrogens (tertiary/aromatic N) is 1. The highest BCUT2D eigenvalue weighted by Gasteiger charge is 2.29. The molecule has 1 fully saturated rings. The molecule has 0 bridgehead atoms. The van der Waals surface area contributed by atoms with Crippen molar-refractivity contribution in [3.05, 3.63) is 58.7 Å². The average molecular weight is 400 g/mol. The second kappa shape index (κ2) is 7.39. The molecule has 1 saturated heterocycles. The lowest BCUT2D eigenvalue weighted by Gasteiger charge is -2.08. The van der Waals surface area contributed by atoms with Gasteiger partial charge in [-0.15, -0.1) is 0 Å². The fourth-order valence-corrected chi connectivity index (χ4v) is 2.69. The highest BCUT2D eigenvalue weighted by Crippen LogP contribution is 2.27. The number of benzene rings is 1. The average Bonchev–Trinajstić information content (AvgIpc) is 3.17. The second-order valence-corrected chi connectivity index (χ2v) is 5.81. The van der Waals surface area contributed by atoms with Gasteiger partial charge in [-0.2, -0.15) is 8.78 Å². The Balaban J connectivity index is 1.74. The summed E-state index contributed by atoms with van der Waals surface area (Å²) in [6.07, 6.45) is 1.40. The van der Waals surface area contributed by atoms with Gasteiger partial charge in [0.2, 0.25) is 11.6 Å². The molecule has 142 valence electrons. The number of hydrogen-bond acceptors (Lipinski definition) is 4. The molecule has 1 aromatic carbocycles. The van der Waals surface area contributed by atoms with E-state index in [1.807, 2.05) is 0 Å². The summed E-state index contributed by atoms with van der Waals surface area (Å²) in [6.45, 7) is 1.69. The Bertz CT molecular complexity index is 932. The largest absolute Gasteiger partial charge is 0.479 e. The molecule has 2 aromatic rings. The zero-order valence-electron chi connectivity index (χ0n) is 13.8. The third-order valence-corrected chi connectivity index (χ3v) is 4.00. The zero-order valence-corrected chi connectivity index (χ0v) is 14.6. The number of halogens is 4. The second-order valence-electron chi connectivity index (χ2n) is 5.43. The molecule has 27 heavy (non-hydrogen) atoms. The summed E-state index contributed by atoms with van der Waals surface area (Å²) in [4.78, 5) is 13.5. The summed E-state index contributed by atoms with van der Waals surface area (Å²) in [6, 6.07) is 2.99. The molecule has 3 rings (SSSR count). The Hall–Kier alpha value is -2.88. The van der Waals surface area contributed by atoms with Gasteiger partial charge in [-0.25, -0.2) is 8.78 Å². The number of furan rings is 1. The Morgan fingerprint density at radius 1 is 1.22 bits per heavy atom. The SMILES string of the molecule is CCN1C(=O)/C(=C\c2ccc(COc3c(F)c(F)cc(F)c3F)o2)NC1=S. The van der Waals surface area contributed by atoms with E-state index in [-0.39, 0.29) is 34.3 Å². The lowest BCUT2D eigenvalue weighted by molar-refractivity contribution is -0.122. The molecule has 1 amide bonds. The van der Waals surface area contributed by atoms with E-state index in [1.165, 1.54) is 23.1 Å². The van der Waals surface area contributed by atoms with Crippen LogP contribution < -0.4 is 10.1 Å². The van der Waals surface area contributed by atoms with Crippen LogP contribution in [0.15, 0.2) is 28.3 Å². The summed E-state index contributed by atoms with van der Waals surface area (Å²) in [5.74, 6) is -7.57. The van der Waals surface area contributed by atoms with Crippen LogP contribution in [0.5, 0.6) is 5.75 Å². The fraction of sp³-hybridized carbons (Fsp3) is 0.176. The molecular weight excluding hydrogens is 388 g/mol. The van der Waals surface area contributed by atoms with Gasteiger partial charge >= 0.3 is 0 Å². The fourth-order valence-electron chi connectivity index (χ4n) is 2.37. The molecule has 0 spiro atoms. The number of carbonyl (C=O) groups is 1. The van der Waals surface area contributed by atoms with E-state index < -0.39 is 35.6 Å². The minimum atomic E-state index is -1.64. The van der Waals surface area contributed by atoms with Gasteiger partial charge < -0.3 is 14.5 Å². The van der Waals surface area contributed by atoms with E-state index >= 15 is 0 Å². The van der Waals surface area contributed by atoms with Gasteiger partial charge in [-0.05, 0) is 31.3 Å². The van der Waals surface area contributed by atoms with Crippen molar-refractivity contribution in [1.82, 2.24) is 10.2 Å². The molecular formula is C17H12F4N2O3S. The predicted molar refractivity (Wildman–Crippen MR) is 90.4 cm³/mol.